The molecule has 1 fully saturated rings. The molecule has 1 saturated carbocycles. The van der Waals surface area contributed by atoms with E-state index in [0.717, 1.165) is 10.1 Å². The van der Waals surface area contributed by atoms with Crippen LogP contribution in [0.3, 0.4) is 0 Å². The van der Waals surface area contributed by atoms with Gasteiger partial charge in [-0.2, -0.15) is 31.4 Å². The van der Waals surface area contributed by atoms with Crippen LogP contribution in [0.15, 0.2) is 59.7 Å². The predicted octanol–water partition coefficient (Wildman–Crippen LogP) is 5.16. The van der Waals surface area contributed by atoms with Gasteiger partial charge < -0.3 is 9.84 Å². The van der Waals surface area contributed by atoms with Gasteiger partial charge in [0.25, 0.3) is 0 Å². The molecule has 1 aliphatic rings. The number of carbonyl (C=O) groups excluding carboxylic acids is 1. The van der Waals surface area contributed by atoms with Crippen molar-refractivity contribution in [2.45, 2.75) is 62.0 Å². The molecule has 1 aliphatic carbocycles. The van der Waals surface area contributed by atoms with Crippen LogP contribution in [-0.2, 0) is 32.8 Å². The number of alkyl halides is 6. The molecule has 1 aromatic heterocycles. The Morgan fingerprint density at radius 1 is 1.02 bits per heavy atom. The molecule has 216 valence electrons. The van der Waals surface area contributed by atoms with Gasteiger partial charge in [-0.3, -0.25) is 9.36 Å². The summed E-state index contributed by atoms with van der Waals surface area (Å²) in [4.78, 5) is 25.3. The third-order valence-corrected chi connectivity index (χ3v) is 7.79. The first kappa shape index (κ1) is 29.5. The van der Waals surface area contributed by atoms with Crippen molar-refractivity contribution in [2.75, 3.05) is 13.2 Å². The summed E-state index contributed by atoms with van der Waals surface area (Å²) in [6.45, 7) is 0.488. The SMILES string of the molecule is C[C@@H](OC[C@]1(c2ccccc2)CC[C@@](C(=O)CO)(n2cn[nH]c2=O)CC1)c1cc(C(F)(F)F)cc(C(F)(F)F)c1. The summed E-state index contributed by atoms with van der Waals surface area (Å²) in [7, 11) is 0. The molecule has 3 aromatic rings. The van der Waals surface area contributed by atoms with Gasteiger partial charge in [-0.15, -0.1) is 0 Å². The molecule has 0 unspecified atom stereocenters. The number of aliphatic hydroxyl groups excluding tert-OH is 1. The number of nitrogens with one attached hydrogen (secondary N) is 1. The highest BCUT2D eigenvalue weighted by Crippen LogP contribution is 2.47. The molecule has 0 amide bonds. The molecule has 40 heavy (non-hydrogen) atoms. The fourth-order valence-electron chi connectivity index (χ4n) is 5.40. The van der Waals surface area contributed by atoms with E-state index in [1.165, 1.54) is 13.3 Å². The number of hydrogen-bond donors (Lipinski definition) is 2. The summed E-state index contributed by atoms with van der Waals surface area (Å²) in [6, 6.07) is 10.4. The Morgan fingerprint density at radius 3 is 2.08 bits per heavy atom. The van der Waals surface area contributed by atoms with Crippen LogP contribution in [0, 0.1) is 0 Å². The summed E-state index contributed by atoms with van der Waals surface area (Å²) in [5.74, 6) is -0.574. The molecule has 4 rings (SSSR count). The number of aliphatic hydroxyl groups is 1. The monoisotopic (exact) mass is 571 g/mol. The number of ether oxygens (including phenoxy) is 1. The number of Topliss-reactive ketones (excluding diaryl/α,β-unsaturated/α-hetero) is 1. The van der Waals surface area contributed by atoms with Gasteiger partial charge in [0.05, 0.1) is 23.8 Å². The molecule has 0 bridgehead atoms. The van der Waals surface area contributed by atoms with Crippen molar-refractivity contribution in [3.05, 3.63) is 87.6 Å². The van der Waals surface area contributed by atoms with Gasteiger partial charge in [0, 0.05) is 5.41 Å². The highest BCUT2D eigenvalue weighted by molar-refractivity contribution is 5.87. The molecular formula is C27H27F6N3O4. The van der Waals surface area contributed by atoms with Crippen molar-refractivity contribution in [3.63, 3.8) is 0 Å². The second-order valence-electron chi connectivity index (χ2n) is 10.1. The zero-order chi connectivity index (χ0) is 29.3. The van der Waals surface area contributed by atoms with Crippen LogP contribution in [0.25, 0.3) is 0 Å². The van der Waals surface area contributed by atoms with Gasteiger partial charge in [0.1, 0.15) is 18.5 Å². The van der Waals surface area contributed by atoms with Crippen LogP contribution in [0.2, 0.25) is 0 Å². The maximum Gasteiger partial charge on any atom is 0.416 e. The van der Waals surface area contributed by atoms with Crippen LogP contribution in [-0.4, -0.2) is 38.9 Å². The number of benzene rings is 2. The van der Waals surface area contributed by atoms with Gasteiger partial charge in [-0.1, -0.05) is 30.3 Å². The lowest BCUT2D eigenvalue weighted by Crippen LogP contribution is -2.53. The first-order valence-corrected chi connectivity index (χ1v) is 12.5. The smallest absolute Gasteiger partial charge is 0.388 e. The molecule has 2 N–H and O–H groups in total. The number of H-pyrrole nitrogens is 1. The van der Waals surface area contributed by atoms with E-state index in [2.05, 4.69) is 10.2 Å². The standard InChI is InChI=1S/C27H27F6N3O4/c1-17(18-11-20(26(28,29)30)13-21(12-18)27(31,32)33)40-15-24(19-5-3-2-4-6-19)7-9-25(10-8-24,22(38)14-37)36-16-34-35-23(36)39/h2-6,11-13,16-17,37H,7-10,14-15H2,1H3,(H,35,39)/t17-,24-,25+/m1/s1. The molecule has 7 nitrogen and oxygen atoms in total. The van der Waals surface area contributed by atoms with Crippen molar-refractivity contribution in [3.8, 4) is 0 Å². The molecule has 1 atom stereocenters. The summed E-state index contributed by atoms with van der Waals surface area (Å²) in [5.41, 5.74) is -5.11. The number of nitrogens with zero attached hydrogens (tertiary/aromatic N) is 2. The predicted molar refractivity (Wildman–Crippen MR) is 130 cm³/mol. The Hall–Kier alpha value is -3.45. The van der Waals surface area contributed by atoms with Crippen LogP contribution >= 0.6 is 0 Å². The van der Waals surface area contributed by atoms with Crippen molar-refractivity contribution in [1.29, 1.82) is 0 Å². The summed E-state index contributed by atoms with van der Waals surface area (Å²) in [5, 5.41) is 15.6. The number of aromatic amines is 1. The summed E-state index contributed by atoms with van der Waals surface area (Å²) >= 11 is 0. The van der Waals surface area contributed by atoms with Gasteiger partial charge in [-0.25, -0.2) is 9.89 Å². The first-order chi connectivity index (χ1) is 18.7. The Bertz CT molecular complexity index is 1360. The van der Waals surface area contributed by atoms with Crippen LogP contribution in [0.4, 0.5) is 26.3 Å². The molecule has 0 spiro atoms. The number of hydrogen-bond acceptors (Lipinski definition) is 5. The van der Waals surface area contributed by atoms with Gasteiger partial charge in [-0.05, 0) is 61.9 Å². The molecular weight excluding hydrogens is 544 g/mol. The molecule has 0 saturated heterocycles. The highest BCUT2D eigenvalue weighted by atomic mass is 19.4. The van der Waals surface area contributed by atoms with E-state index >= 15 is 0 Å². The van der Waals surface area contributed by atoms with Crippen LogP contribution in [0.1, 0.15) is 61.0 Å². The fourth-order valence-corrected chi connectivity index (χ4v) is 5.40. The van der Waals surface area contributed by atoms with E-state index in [0.29, 0.717) is 12.1 Å². The molecule has 2 aromatic carbocycles. The lowest BCUT2D eigenvalue weighted by Gasteiger charge is -2.46. The molecule has 0 radical (unpaired) electrons. The third-order valence-electron chi connectivity index (χ3n) is 7.79. The number of aromatic nitrogens is 3. The van der Waals surface area contributed by atoms with E-state index in [4.69, 9.17) is 4.74 Å². The number of ketones is 1. The third kappa shape index (κ3) is 5.71. The van der Waals surface area contributed by atoms with Crippen molar-refractivity contribution >= 4 is 5.78 Å². The van der Waals surface area contributed by atoms with E-state index in [1.807, 2.05) is 12.1 Å². The average molecular weight is 572 g/mol. The topological polar surface area (TPSA) is 97.2 Å². The van der Waals surface area contributed by atoms with Gasteiger partial charge in [0.2, 0.25) is 0 Å². The van der Waals surface area contributed by atoms with Crippen LogP contribution in [0.5, 0.6) is 0 Å². The van der Waals surface area contributed by atoms with Crippen LogP contribution < -0.4 is 5.69 Å². The van der Waals surface area contributed by atoms with Crippen molar-refractivity contribution < 1.29 is 41.0 Å². The normalized spacial score (nSPS) is 22.7. The minimum atomic E-state index is -4.99. The maximum atomic E-state index is 13.4. The van der Waals surface area contributed by atoms with Crippen molar-refractivity contribution in [1.82, 2.24) is 14.8 Å². The van der Waals surface area contributed by atoms with E-state index in [1.54, 1.807) is 18.2 Å². The minimum Gasteiger partial charge on any atom is -0.388 e. The minimum absolute atomic E-state index is 0.0678. The average Bonchev–Trinajstić information content (AvgIpc) is 3.37. The highest BCUT2D eigenvalue weighted by Gasteiger charge is 2.49. The first-order valence-electron chi connectivity index (χ1n) is 12.5. The largest absolute Gasteiger partial charge is 0.416 e. The van der Waals surface area contributed by atoms with E-state index < -0.39 is 58.6 Å². The Kier molecular flexibility index (Phi) is 8.01. The zero-order valence-corrected chi connectivity index (χ0v) is 21.4. The van der Waals surface area contributed by atoms with Gasteiger partial charge >= 0.3 is 18.0 Å². The number of rotatable bonds is 8. The summed E-state index contributed by atoms with van der Waals surface area (Å²) < 4.78 is 87.4. The quantitative estimate of drug-likeness (QED) is 0.365. The number of halogens is 6. The fraction of sp³-hybridized carbons (Fsp3) is 0.444. The second kappa shape index (κ2) is 10.8. The Morgan fingerprint density at radius 2 is 1.60 bits per heavy atom. The van der Waals surface area contributed by atoms with E-state index in [9.17, 15) is 41.0 Å². The molecule has 1 heterocycles. The Balaban J connectivity index is 1.65. The summed E-state index contributed by atoms with van der Waals surface area (Å²) in [6.07, 6.45) is -9.16. The van der Waals surface area contributed by atoms with Crippen molar-refractivity contribution in [2.24, 2.45) is 0 Å². The van der Waals surface area contributed by atoms with Gasteiger partial charge in [0.15, 0.2) is 5.78 Å². The maximum absolute atomic E-state index is 13.4. The molecule has 0 aliphatic heterocycles. The second-order valence-corrected chi connectivity index (χ2v) is 10.1. The zero-order valence-electron chi connectivity index (χ0n) is 21.4. The van der Waals surface area contributed by atoms with E-state index in [-0.39, 0.29) is 43.9 Å². The number of carbonyl (C=O) groups is 1. The lowest BCUT2D eigenvalue weighted by molar-refractivity contribution is -0.143. The lowest BCUT2D eigenvalue weighted by atomic mass is 9.63. The Labute approximate surface area is 224 Å². The molecule has 13 heteroatoms.